The predicted molar refractivity (Wildman–Crippen MR) is 88.2 cm³/mol. The average molecular weight is 345 g/mol. The van der Waals surface area contributed by atoms with Gasteiger partial charge in [-0.1, -0.05) is 0 Å². The molecule has 2 N–H and O–H groups in total. The molecule has 2 aromatic carbocycles. The van der Waals surface area contributed by atoms with E-state index in [-0.39, 0.29) is 5.91 Å². The number of amides is 1. The molecule has 25 heavy (non-hydrogen) atoms. The third kappa shape index (κ3) is 2.38. The molecule has 0 radical (unpaired) electrons. The maximum absolute atomic E-state index is 12.8. The van der Waals surface area contributed by atoms with E-state index in [9.17, 15) is 18.0 Å². The van der Waals surface area contributed by atoms with E-state index in [4.69, 9.17) is 0 Å². The Bertz CT molecular complexity index is 1020. The Morgan fingerprint density at radius 2 is 1.84 bits per heavy atom. The van der Waals surface area contributed by atoms with Gasteiger partial charge in [0.05, 0.1) is 22.0 Å². The number of aromatic nitrogens is 2. The maximum Gasteiger partial charge on any atom is 0.416 e. The lowest BCUT2D eigenvalue weighted by Gasteiger charge is -2.15. The Labute approximate surface area is 141 Å². The van der Waals surface area contributed by atoms with Crippen LogP contribution in [0.25, 0.3) is 22.4 Å². The molecule has 128 valence electrons. The minimum Gasteiger partial charge on any atom is -0.338 e. The molecule has 1 amide bonds. The van der Waals surface area contributed by atoms with Crippen molar-refractivity contribution in [1.82, 2.24) is 9.97 Å². The number of halogens is 3. The number of aromatic amines is 1. The molecule has 0 fully saturated rings. The number of hydrogen-bond donors (Lipinski definition) is 2. The van der Waals surface area contributed by atoms with Crippen molar-refractivity contribution in [3.8, 4) is 11.4 Å². The minimum atomic E-state index is -4.40. The summed E-state index contributed by atoms with van der Waals surface area (Å²) in [4.78, 5) is 19.3. The zero-order chi connectivity index (χ0) is 18.0. The Balaban J connectivity index is 1.81. The molecule has 2 heterocycles. The SMILES string of the molecule is CC1(C)C(=O)Nc2ccc(-c3nc4ccc(C(F)(F)F)cc4[nH]3)cc21. The first-order valence-corrected chi connectivity index (χ1v) is 7.69. The van der Waals surface area contributed by atoms with Crippen LogP contribution in [0.4, 0.5) is 18.9 Å². The molecule has 0 saturated carbocycles. The maximum atomic E-state index is 12.8. The molecule has 4 rings (SSSR count). The number of fused-ring (bicyclic) bond motifs is 2. The zero-order valence-electron chi connectivity index (χ0n) is 13.5. The number of imidazole rings is 1. The molecule has 3 aromatic rings. The second-order valence-electron chi connectivity index (χ2n) is 6.65. The monoisotopic (exact) mass is 345 g/mol. The third-order valence-corrected chi connectivity index (χ3v) is 4.59. The number of alkyl halides is 3. The van der Waals surface area contributed by atoms with Gasteiger partial charge < -0.3 is 10.3 Å². The molecule has 1 aliphatic heterocycles. The van der Waals surface area contributed by atoms with E-state index < -0.39 is 17.2 Å². The molecular formula is C18H14F3N3O. The van der Waals surface area contributed by atoms with Crippen LogP contribution in [0.2, 0.25) is 0 Å². The largest absolute Gasteiger partial charge is 0.416 e. The number of rotatable bonds is 1. The van der Waals surface area contributed by atoms with Crippen LogP contribution in [-0.2, 0) is 16.4 Å². The van der Waals surface area contributed by atoms with Crippen LogP contribution in [0.5, 0.6) is 0 Å². The summed E-state index contributed by atoms with van der Waals surface area (Å²) in [7, 11) is 0. The molecular weight excluding hydrogens is 331 g/mol. The van der Waals surface area contributed by atoms with Crippen molar-refractivity contribution in [1.29, 1.82) is 0 Å². The number of H-pyrrole nitrogens is 1. The standard InChI is InChI=1S/C18H14F3N3O/c1-17(2)11-7-9(3-5-12(11)24-16(17)25)15-22-13-6-4-10(18(19,20)21)8-14(13)23-15/h3-8H,1-2H3,(H,22,23)(H,24,25). The first-order chi connectivity index (χ1) is 11.7. The van der Waals surface area contributed by atoms with Gasteiger partial charge in [-0.25, -0.2) is 4.98 Å². The molecule has 0 saturated heterocycles. The zero-order valence-corrected chi connectivity index (χ0v) is 13.5. The first kappa shape index (κ1) is 15.7. The summed E-state index contributed by atoms with van der Waals surface area (Å²) in [5.74, 6) is 0.381. The number of nitrogens with zero attached hydrogens (tertiary/aromatic N) is 1. The third-order valence-electron chi connectivity index (χ3n) is 4.59. The molecule has 0 atom stereocenters. The summed E-state index contributed by atoms with van der Waals surface area (Å²) < 4.78 is 38.5. The van der Waals surface area contributed by atoms with Crippen molar-refractivity contribution in [2.24, 2.45) is 0 Å². The van der Waals surface area contributed by atoms with Crippen LogP contribution in [0.1, 0.15) is 25.0 Å². The lowest BCUT2D eigenvalue weighted by atomic mass is 9.85. The van der Waals surface area contributed by atoms with E-state index in [0.717, 1.165) is 23.4 Å². The van der Waals surface area contributed by atoms with Crippen LogP contribution < -0.4 is 5.32 Å². The second kappa shape index (κ2) is 4.84. The van der Waals surface area contributed by atoms with Gasteiger partial charge in [0.15, 0.2) is 0 Å². The van der Waals surface area contributed by atoms with Crippen molar-refractivity contribution >= 4 is 22.6 Å². The topological polar surface area (TPSA) is 57.8 Å². The lowest BCUT2D eigenvalue weighted by Crippen LogP contribution is -2.26. The van der Waals surface area contributed by atoms with Gasteiger partial charge in [0.25, 0.3) is 0 Å². The average Bonchev–Trinajstić information content (AvgIpc) is 3.05. The van der Waals surface area contributed by atoms with Crippen molar-refractivity contribution in [2.45, 2.75) is 25.4 Å². The first-order valence-electron chi connectivity index (χ1n) is 7.69. The van der Waals surface area contributed by atoms with Gasteiger partial charge >= 0.3 is 6.18 Å². The van der Waals surface area contributed by atoms with E-state index >= 15 is 0 Å². The van der Waals surface area contributed by atoms with E-state index in [1.54, 1.807) is 12.1 Å². The normalized spacial score (nSPS) is 16.1. The lowest BCUT2D eigenvalue weighted by molar-refractivity contribution is -0.137. The van der Waals surface area contributed by atoms with Gasteiger partial charge in [-0.15, -0.1) is 0 Å². The van der Waals surface area contributed by atoms with E-state index in [1.807, 2.05) is 19.9 Å². The highest BCUT2D eigenvalue weighted by molar-refractivity contribution is 6.06. The molecule has 4 nitrogen and oxygen atoms in total. The second-order valence-corrected chi connectivity index (χ2v) is 6.65. The van der Waals surface area contributed by atoms with Gasteiger partial charge in [0, 0.05) is 11.3 Å². The van der Waals surface area contributed by atoms with Crippen LogP contribution in [0.3, 0.4) is 0 Å². The van der Waals surface area contributed by atoms with Crippen LogP contribution in [0, 0.1) is 0 Å². The fraction of sp³-hybridized carbons (Fsp3) is 0.222. The van der Waals surface area contributed by atoms with Crippen molar-refractivity contribution < 1.29 is 18.0 Å². The molecule has 1 aliphatic rings. The number of nitrogens with one attached hydrogen (secondary N) is 2. The van der Waals surface area contributed by atoms with Gasteiger partial charge in [-0.2, -0.15) is 13.2 Å². The highest BCUT2D eigenvalue weighted by Gasteiger charge is 2.38. The Kier molecular flexibility index (Phi) is 3.04. The van der Waals surface area contributed by atoms with Gasteiger partial charge in [-0.3, -0.25) is 4.79 Å². The Morgan fingerprint density at radius 1 is 1.08 bits per heavy atom. The fourth-order valence-corrected chi connectivity index (χ4v) is 3.04. The minimum absolute atomic E-state index is 0.0842. The van der Waals surface area contributed by atoms with Gasteiger partial charge in [-0.05, 0) is 55.8 Å². The highest BCUT2D eigenvalue weighted by atomic mass is 19.4. The van der Waals surface area contributed by atoms with Crippen LogP contribution in [0.15, 0.2) is 36.4 Å². The number of carbonyl (C=O) groups is 1. The Morgan fingerprint density at radius 3 is 2.56 bits per heavy atom. The van der Waals surface area contributed by atoms with Crippen molar-refractivity contribution in [3.63, 3.8) is 0 Å². The molecule has 0 aliphatic carbocycles. The quantitative estimate of drug-likeness (QED) is 0.683. The van der Waals surface area contributed by atoms with Gasteiger partial charge in [0.2, 0.25) is 5.91 Å². The summed E-state index contributed by atoms with van der Waals surface area (Å²) in [6, 6.07) is 8.82. The summed E-state index contributed by atoms with van der Waals surface area (Å²) in [6.45, 7) is 3.65. The molecule has 0 bridgehead atoms. The number of carbonyl (C=O) groups excluding carboxylic acids is 1. The summed E-state index contributed by atoms with van der Waals surface area (Å²) in [5, 5.41) is 2.82. The number of anilines is 1. The number of benzene rings is 2. The smallest absolute Gasteiger partial charge is 0.338 e. The van der Waals surface area contributed by atoms with E-state index in [2.05, 4.69) is 15.3 Å². The molecule has 7 heteroatoms. The molecule has 0 unspecified atom stereocenters. The molecule has 0 spiro atoms. The predicted octanol–water partition coefficient (Wildman–Crippen LogP) is 4.48. The molecule has 1 aromatic heterocycles. The Hall–Kier alpha value is -2.83. The van der Waals surface area contributed by atoms with Crippen molar-refractivity contribution in [2.75, 3.05) is 5.32 Å². The van der Waals surface area contributed by atoms with Gasteiger partial charge in [0.1, 0.15) is 5.82 Å². The highest BCUT2D eigenvalue weighted by Crippen LogP contribution is 2.39. The summed E-state index contributed by atoms with van der Waals surface area (Å²) >= 11 is 0. The number of hydrogen-bond acceptors (Lipinski definition) is 2. The van der Waals surface area contributed by atoms with Crippen LogP contribution in [-0.4, -0.2) is 15.9 Å². The van der Waals surface area contributed by atoms with Crippen molar-refractivity contribution in [3.05, 3.63) is 47.5 Å². The summed E-state index contributed by atoms with van der Waals surface area (Å²) in [5.41, 5.74) is 1.69. The van der Waals surface area contributed by atoms with Crippen LogP contribution >= 0.6 is 0 Å². The van der Waals surface area contributed by atoms with E-state index in [0.29, 0.717) is 22.4 Å². The summed E-state index contributed by atoms with van der Waals surface area (Å²) in [6.07, 6.45) is -4.40. The van der Waals surface area contributed by atoms with E-state index in [1.165, 1.54) is 6.07 Å². The fourth-order valence-electron chi connectivity index (χ4n) is 3.04.